The Labute approximate surface area is 110 Å². The molecule has 0 aliphatic rings. The molecule has 2 rings (SSSR count). The molecular formula is C14H10Cl2O. The lowest BCUT2D eigenvalue weighted by molar-refractivity contribution is 0.101. The van der Waals surface area contributed by atoms with Crippen molar-refractivity contribution in [3.05, 3.63) is 58.1 Å². The Hall–Kier alpha value is -1.31. The first-order valence-electron chi connectivity index (χ1n) is 5.15. The van der Waals surface area contributed by atoms with Crippen molar-refractivity contribution >= 4 is 29.0 Å². The molecule has 17 heavy (non-hydrogen) atoms. The van der Waals surface area contributed by atoms with E-state index in [-0.39, 0.29) is 5.78 Å². The number of rotatable bonds is 2. The van der Waals surface area contributed by atoms with Crippen LogP contribution >= 0.6 is 23.2 Å². The summed E-state index contributed by atoms with van der Waals surface area (Å²) in [7, 11) is 0. The summed E-state index contributed by atoms with van der Waals surface area (Å²) in [4.78, 5) is 11.6. The van der Waals surface area contributed by atoms with Gasteiger partial charge in [0.1, 0.15) is 0 Å². The molecule has 1 nitrogen and oxygen atoms in total. The summed E-state index contributed by atoms with van der Waals surface area (Å²) in [6, 6.07) is 12.6. The molecule has 0 aromatic heterocycles. The second kappa shape index (κ2) is 4.91. The SMILES string of the molecule is CC(=O)c1ccccc1-c1cc(Cl)ccc1Cl. The van der Waals surface area contributed by atoms with Crippen LogP contribution in [0.3, 0.4) is 0 Å². The third-order valence-corrected chi connectivity index (χ3v) is 3.09. The van der Waals surface area contributed by atoms with Gasteiger partial charge in [-0.1, -0.05) is 47.5 Å². The lowest BCUT2D eigenvalue weighted by Gasteiger charge is -2.09. The number of ketones is 1. The minimum Gasteiger partial charge on any atom is -0.294 e. The predicted molar refractivity (Wildman–Crippen MR) is 71.9 cm³/mol. The van der Waals surface area contributed by atoms with Gasteiger partial charge < -0.3 is 0 Å². The third kappa shape index (κ3) is 2.51. The van der Waals surface area contributed by atoms with Crippen LogP contribution in [0, 0.1) is 0 Å². The molecule has 2 aromatic rings. The molecule has 0 fully saturated rings. The van der Waals surface area contributed by atoms with Crippen LogP contribution in [0.25, 0.3) is 11.1 Å². The van der Waals surface area contributed by atoms with Gasteiger partial charge >= 0.3 is 0 Å². The molecule has 0 radical (unpaired) electrons. The topological polar surface area (TPSA) is 17.1 Å². The summed E-state index contributed by atoms with van der Waals surface area (Å²) in [6.07, 6.45) is 0. The number of carbonyl (C=O) groups excluding carboxylic acids is 1. The quantitative estimate of drug-likeness (QED) is 0.708. The number of hydrogen-bond acceptors (Lipinski definition) is 1. The monoisotopic (exact) mass is 264 g/mol. The number of halogens is 2. The Kier molecular flexibility index (Phi) is 3.51. The summed E-state index contributed by atoms with van der Waals surface area (Å²) < 4.78 is 0. The van der Waals surface area contributed by atoms with E-state index in [9.17, 15) is 4.79 Å². The Morgan fingerprint density at radius 2 is 1.71 bits per heavy atom. The first-order valence-corrected chi connectivity index (χ1v) is 5.90. The highest BCUT2D eigenvalue weighted by Gasteiger charge is 2.11. The van der Waals surface area contributed by atoms with Crippen molar-refractivity contribution in [3.63, 3.8) is 0 Å². The molecule has 0 atom stereocenters. The van der Waals surface area contributed by atoms with E-state index in [2.05, 4.69) is 0 Å². The highest BCUT2D eigenvalue weighted by molar-refractivity contribution is 6.35. The van der Waals surface area contributed by atoms with Crippen LogP contribution in [0.5, 0.6) is 0 Å². The number of hydrogen-bond donors (Lipinski definition) is 0. The molecule has 0 amide bonds. The van der Waals surface area contributed by atoms with Crippen LogP contribution in [0.15, 0.2) is 42.5 Å². The van der Waals surface area contributed by atoms with Crippen LogP contribution in [0.1, 0.15) is 17.3 Å². The van der Waals surface area contributed by atoms with Gasteiger partial charge in [-0.2, -0.15) is 0 Å². The number of carbonyl (C=O) groups is 1. The normalized spacial score (nSPS) is 10.3. The maximum atomic E-state index is 11.6. The van der Waals surface area contributed by atoms with E-state index in [4.69, 9.17) is 23.2 Å². The predicted octanol–water partition coefficient (Wildman–Crippen LogP) is 4.86. The molecular weight excluding hydrogens is 255 g/mol. The average molecular weight is 265 g/mol. The summed E-state index contributed by atoms with van der Waals surface area (Å²) in [5, 5.41) is 1.19. The van der Waals surface area contributed by atoms with Gasteiger partial charge in [0.15, 0.2) is 5.78 Å². The lowest BCUT2D eigenvalue weighted by atomic mass is 9.97. The van der Waals surface area contributed by atoms with Gasteiger partial charge in [0.25, 0.3) is 0 Å². The van der Waals surface area contributed by atoms with Gasteiger partial charge in [-0.05, 0) is 30.7 Å². The molecule has 0 saturated heterocycles. The molecule has 3 heteroatoms. The number of benzene rings is 2. The van der Waals surface area contributed by atoms with Crippen LogP contribution in [0.2, 0.25) is 10.0 Å². The van der Waals surface area contributed by atoms with E-state index >= 15 is 0 Å². The van der Waals surface area contributed by atoms with Gasteiger partial charge in [-0.15, -0.1) is 0 Å². The fourth-order valence-electron chi connectivity index (χ4n) is 1.73. The maximum Gasteiger partial charge on any atom is 0.160 e. The van der Waals surface area contributed by atoms with Crippen LogP contribution in [-0.2, 0) is 0 Å². The van der Waals surface area contributed by atoms with E-state index in [0.717, 1.165) is 11.1 Å². The molecule has 86 valence electrons. The second-order valence-corrected chi connectivity index (χ2v) is 4.57. The summed E-state index contributed by atoms with van der Waals surface area (Å²) in [5.74, 6) is 0.0108. The van der Waals surface area contributed by atoms with Gasteiger partial charge in [0, 0.05) is 21.2 Å². The highest BCUT2D eigenvalue weighted by Crippen LogP contribution is 2.32. The van der Waals surface area contributed by atoms with Crippen molar-refractivity contribution in [1.82, 2.24) is 0 Å². The first kappa shape index (κ1) is 12.2. The molecule has 0 aliphatic carbocycles. The Bertz CT molecular complexity index is 576. The molecule has 0 aliphatic heterocycles. The van der Waals surface area contributed by atoms with Crippen molar-refractivity contribution in [2.45, 2.75) is 6.92 Å². The molecule has 0 heterocycles. The number of Topliss-reactive ketones (excluding diaryl/α,β-unsaturated/α-hetero) is 1. The zero-order chi connectivity index (χ0) is 12.4. The molecule has 0 bridgehead atoms. The zero-order valence-electron chi connectivity index (χ0n) is 9.21. The van der Waals surface area contributed by atoms with E-state index in [1.807, 2.05) is 18.2 Å². The van der Waals surface area contributed by atoms with Crippen LogP contribution in [-0.4, -0.2) is 5.78 Å². The molecule has 0 unspecified atom stereocenters. The lowest BCUT2D eigenvalue weighted by Crippen LogP contribution is -1.95. The Balaban J connectivity index is 2.68. The maximum absolute atomic E-state index is 11.6. The Morgan fingerprint density at radius 1 is 1.00 bits per heavy atom. The summed E-state index contributed by atoms with van der Waals surface area (Å²) in [5.41, 5.74) is 2.24. The van der Waals surface area contributed by atoms with Crippen molar-refractivity contribution < 1.29 is 4.79 Å². The fourth-order valence-corrected chi connectivity index (χ4v) is 2.12. The van der Waals surface area contributed by atoms with Crippen molar-refractivity contribution in [1.29, 1.82) is 0 Å². The molecule has 0 saturated carbocycles. The smallest absolute Gasteiger partial charge is 0.160 e. The largest absolute Gasteiger partial charge is 0.294 e. The van der Waals surface area contributed by atoms with E-state index < -0.39 is 0 Å². The third-order valence-electron chi connectivity index (χ3n) is 2.52. The first-order chi connectivity index (χ1) is 8.09. The zero-order valence-corrected chi connectivity index (χ0v) is 10.7. The highest BCUT2D eigenvalue weighted by atomic mass is 35.5. The van der Waals surface area contributed by atoms with Gasteiger partial charge in [-0.3, -0.25) is 4.79 Å². The van der Waals surface area contributed by atoms with Gasteiger partial charge in [0.05, 0.1) is 0 Å². The molecule has 2 aromatic carbocycles. The van der Waals surface area contributed by atoms with Crippen molar-refractivity contribution in [3.8, 4) is 11.1 Å². The standard InChI is InChI=1S/C14H10Cl2O/c1-9(17)11-4-2-3-5-12(11)13-8-10(15)6-7-14(13)16/h2-8H,1H3. The van der Waals surface area contributed by atoms with Gasteiger partial charge in [0.2, 0.25) is 0 Å². The fraction of sp³-hybridized carbons (Fsp3) is 0.0714. The Morgan fingerprint density at radius 3 is 2.41 bits per heavy atom. The van der Waals surface area contributed by atoms with E-state index in [1.54, 1.807) is 24.3 Å². The van der Waals surface area contributed by atoms with E-state index in [1.165, 1.54) is 6.92 Å². The molecule has 0 N–H and O–H groups in total. The van der Waals surface area contributed by atoms with Crippen LogP contribution < -0.4 is 0 Å². The summed E-state index contributed by atoms with van der Waals surface area (Å²) in [6.45, 7) is 1.54. The van der Waals surface area contributed by atoms with E-state index in [0.29, 0.717) is 15.6 Å². The van der Waals surface area contributed by atoms with Gasteiger partial charge in [-0.25, -0.2) is 0 Å². The minimum absolute atomic E-state index is 0.0108. The van der Waals surface area contributed by atoms with Crippen LogP contribution in [0.4, 0.5) is 0 Å². The van der Waals surface area contributed by atoms with Crippen molar-refractivity contribution in [2.75, 3.05) is 0 Å². The van der Waals surface area contributed by atoms with Crippen molar-refractivity contribution in [2.24, 2.45) is 0 Å². The second-order valence-electron chi connectivity index (χ2n) is 3.73. The average Bonchev–Trinajstić information content (AvgIpc) is 2.32. The molecule has 0 spiro atoms. The summed E-state index contributed by atoms with van der Waals surface area (Å²) >= 11 is 12.1. The minimum atomic E-state index is 0.0108.